The van der Waals surface area contributed by atoms with Gasteiger partial charge in [-0.1, -0.05) is 36.4 Å². The number of rotatable bonds is 4. The zero-order valence-corrected chi connectivity index (χ0v) is 11.9. The molecule has 0 aliphatic carbocycles. The lowest BCUT2D eigenvalue weighted by Crippen LogP contribution is -2.26. The van der Waals surface area contributed by atoms with Crippen molar-refractivity contribution in [3.05, 3.63) is 84.8 Å². The van der Waals surface area contributed by atoms with E-state index in [2.05, 4.69) is 0 Å². The summed E-state index contributed by atoms with van der Waals surface area (Å²) in [5.41, 5.74) is 1.50. The van der Waals surface area contributed by atoms with Gasteiger partial charge in [0.1, 0.15) is 5.76 Å². The van der Waals surface area contributed by atoms with Gasteiger partial charge in [-0.25, -0.2) is 9.69 Å². The summed E-state index contributed by atoms with van der Waals surface area (Å²) in [6.45, 7) is 0.0992. The number of benzene rings is 2. The van der Waals surface area contributed by atoms with Crippen LogP contribution in [0.2, 0.25) is 0 Å². The van der Waals surface area contributed by atoms with Crippen LogP contribution in [0.15, 0.2) is 83.5 Å². The second kappa shape index (κ2) is 6.63. The third-order valence-corrected chi connectivity index (χ3v) is 3.13. The Balaban J connectivity index is 1.83. The van der Waals surface area contributed by atoms with Crippen LogP contribution in [0.5, 0.6) is 0 Å². The molecule has 0 aliphatic rings. The summed E-state index contributed by atoms with van der Waals surface area (Å²) in [5.74, 6) is 0.606. The van der Waals surface area contributed by atoms with Gasteiger partial charge in [-0.15, -0.1) is 0 Å². The van der Waals surface area contributed by atoms with E-state index >= 15 is 0 Å². The highest BCUT2D eigenvalue weighted by Crippen LogP contribution is 2.26. The van der Waals surface area contributed by atoms with Crippen LogP contribution in [-0.4, -0.2) is 6.09 Å². The van der Waals surface area contributed by atoms with Gasteiger partial charge in [0, 0.05) is 0 Å². The van der Waals surface area contributed by atoms with Crippen LogP contribution in [-0.2, 0) is 11.3 Å². The van der Waals surface area contributed by atoms with E-state index in [1.165, 1.54) is 4.90 Å². The summed E-state index contributed by atoms with van der Waals surface area (Å²) in [5, 5.41) is 0. The molecule has 4 heteroatoms. The molecule has 1 heterocycles. The van der Waals surface area contributed by atoms with Gasteiger partial charge < -0.3 is 9.15 Å². The van der Waals surface area contributed by atoms with Crippen LogP contribution in [0, 0.1) is 0 Å². The monoisotopic (exact) mass is 293 g/mol. The summed E-state index contributed by atoms with van der Waals surface area (Å²) >= 11 is 0. The smallest absolute Gasteiger partial charge is 0.419 e. The highest BCUT2D eigenvalue weighted by Gasteiger charge is 2.19. The number of carbonyl (C=O) groups excluding carboxylic acids is 1. The van der Waals surface area contributed by atoms with Crippen LogP contribution in [0.3, 0.4) is 0 Å². The molecule has 22 heavy (non-hydrogen) atoms. The molecule has 0 N–H and O–H groups in total. The third-order valence-electron chi connectivity index (χ3n) is 3.13. The molecule has 0 fully saturated rings. The Bertz CT molecular complexity index is 669. The molecular weight excluding hydrogens is 278 g/mol. The van der Waals surface area contributed by atoms with Crippen molar-refractivity contribution in [2.24, 2.45) is 0 Å². The predicted molar refractivity (Wildman–Crippen MR) is 83.9 cm³/mol. The average Bonchev–Trinajstić information content (AvgIpc) is 3.09. The normalized spacial score (nSPS) is 10.2. The summed E-state index contributed by atoms with van der Waals surface area (Å²) in [4.78, 5) is 14.0. The van der Waals surface area contributed by atoms with Gasteiger partial charge in [-0.2, -0.15) is 0 Å². The first-order chi connectivity index (χ1) is 10.8. The third kappa shape index (κ3) is 3.17. The Hall–Kier alpha value is -3.01. The SMILES string of the molecule is O=C(OCc1ccco1)N(c1ccccc1)c1ccccc1. The number of para-hydroxylation sites is 2. The van der Waals surface area contributed by atoms with E-state index in [9.17, 15) is 4.79 Å². The molecule has 0 saturated carbocycles. The average molecular weight is 293 g/mol. The Morgan fingerprint density at radius 3 is 1.95 bits per heavy atom. The molecule has 3 aromatic rings. The maximum atomic E-state index is 12.5. The number of hydrogen-bond donors (Lipinski definition) is 0. The Labute approximate surface area is 128 Å². The molecule has 110 valence electrons. The fraction of sp³-hybridized carbons (Fsp3) is 0.0556. The number of carbonyl (C=O) groups is 1. The number of furan rings is 1. The first-order valence-corrected chi connectivity index (χ1v) is 6.94. The van der Waals surface area contributed by atoms with E-state index in [0.717, 1.165) is 11.4 Å². The van der Waals surface area contributed by atoms with Gasteiger partial charge in [-0.3, -0.25) is 0 Å². The van der Waals surface area contributed by atoms with Crippen LogP contribution in [0.1, 0.15) is 5.76 Å². The summed E-state index contributed by atoms with van der Waals surface area (Å²) < 4.78 is 10.5. The molecule has 0 bridgehead atoms. The van der Waals surface area contributed by atoms with Crippen molar-refractivity contribution in [3.8, 4) is 0 Å². The van der Waals surface area contributed by atoms with Gasteiger partial charge in [0.05, 0.1) is 17.6 Å². The second-order valence-corrected chi connectivity index (χ2v) is 4.64. The fourth-order valence-corrected chi connectivity index (χ4v) is 2.11. The number of hydrogen-bond acceptors (Lipinski definition) is 3. The number of anilines is 2. The standard InChI is InChI=1S/C18H15NO3/c20-18(22-14-17-12-7-13-21-17)19(15-8-3-1-4-9-15)16-10-5-2-6-11-16/h1-13H,14H2. The zero-order chi connectivity index (χ0) is 15.2. The minimum absolute atomic E-state index is 0.0992. The number of amides is 1. The Morgan fingerprint density at radius 1 is 0.864 bits per heavy atom. The molecule has 0 radical (unpaired) electrons. The zero-order valence-electron chi connectivity index (χ0n) is 11.9. The molecule has 1 aromatic heterocycles. The molecule has 3 rings (SSSR count). The highest BCUT2D eigenvalue weighted by atomic mass is 16.6. The minimum atomic E-state index is -0.450. The van der Waals surface area contributed by atoms with Crippen molar-refractivity contribution in [1.29, 1.82) is 0 Å². The van der Waals surface area contributed by atoms with Crippen molar-refractivity contribution in [3.63, 3.8) is 0 Å². The van der Waals surface area contributed by atoms with E-state index in [-0.39, 0.29) is 6.61 Å². The summed E-state index contributed by atoms with van der Waals surface area (Å²) in [6, 6.07) is 22.3. The van der Waals surface area contributed by atoms with E-state index in [1.807, 2.05) is 60.7 Å². The van der Waals surface area contributed by atoms with Crippen molar-refractivity contribution in [1.82, 2.24) is 0 Å². The van der Waals surface area contributed by atoms with Crippen LogP contribution >= 0.6 is 0 Å². The quantitative estimate of drug-likeness (QED) is 0.697. The van der Waals surface area contributed by atoms with Gasteiger partial charge >= 0.3 is 6.09 Å². The van der Waals surface area contributed by atoms with Crippen LogP contribution < -0.4 is 4.90 Å². The van der Waals surface area contributed by atoms with Crippen molar-refractivity contribution < 1.29 is 13.9 Å². The van der Waals surface area contributed by atoms with Crippen LogP contribution in [0.25, 0.3) is 0 Å². The maximum absolute atomic E-state index is 12.5. The molecule has 0 aliphatic heterocycles. The maximum Gasteiger partial charge on any atom is 0.419 e. The van der Waals surface area contributed by atoms with Gasteiger partial charge in [0.25, 0.3) is 0 Å². The first kappa shape index (κ1) is 13.9. The molecular formula is C18H15NO3. The lowest BCUT2D eigenvalue weighted by Gasteiger charge is -2.22. The fourth-order valence-electron chi connectivity index (χ4n) is 2.11. The van der Waals surface area contributed by atoms with E-state index in [0.29, 0.717) is 5.76 Å². The summed E-state index contributed by atoms with van der Waals surface area (Å²) in [7, 11) is 0. The van der Waals surface area contributed by atoms with Gasteiger partial charge in [-0.05, 0) is 36.4 Å². The largest absolute Gasteiger partial charge is 0.466 e. The van der Waals surface area contributed by atoms with E-state index in [1.54, 1.807) is 18.4 Å². The number of nitrogens with zero attached hydrogens (tertiary/aromatic N) is 1. The van der Waals surface area contributed by atoms with Crippen molar-refractivity contribution in [2.45, 2.75) is 6.61 Å². The second-order valence-electron chi connectivity index (χ2n) is 4.64. The molecule has 0 saturated heterocycles. The van der Waals surface area contributed by atoms with Crippen LogP contribution in [0.4, 0.5) is 16.2 Å². The van der Waals surface area contributed by atoms with E-state index < -0.39 is 6.09 Å². The molecule has 4 nitrogen and oxygen atoms in total. The lowest BCUT2D eigenvalue weighted by molar-refractivity contribution is 0.141. The molecule has 0 unspecified atom stereocenters. The molecule has 1 amide bonds. The molecule has 2 aromatic carbocycles. The minimum Gasteiger partial charge on any atom is -0.466 e. The Kier molecular flexibility index (Phi) is 4.20. The van der Waals surface area contributed by atoms with Crippen molar-refractivity contribution in [2.75, 3.05) is 4.90 Å². The van der Waals surface area contributed by atoms with E-state index in [4.69, 9.17) is 9.15 Å². The summed E-state index contributed by atoms with van der Waals surface area (Å²) in [6.07, 6.45) is 1.10. The number of ether oxygens (including phenoxy) is 1. The van der Waals surface area contributed by atoms with Crippen molar-refractivity contribution >= 4 is 17.5 Å². The molecule has 0 atom stereocenters. The highest BCUT2D eigenvalue weighted by molar-refractivity contribution is 5.95. The topological polar surface area (TPSA) is 42.7 Å². The predicted octanol–water partition coefficient (Wildman–Crippen LogP) is 4.75. The van der Waals surface area contributed by atoms with Gasteiger partial charge in [0.15, 0.2) is 6.61 Å². The lowest BCUT2D eigenvalue weighted by atomic mass is 10.2. The Morgan fingerprint density at radius 2 is 1.45 bits per heavy atom. The first-order valence-electron chi connectivity index (χ1n) is 6.94. The molecule has 0 spiro atoms. The van der Waals surface area contributed by atoms with Gasteiger partial charge in [0.2, 0.25) is 0 Å².